The Hall–Kier alpha value is 0.0164. The predicted octanol–water partition coefficient (Wildman–Crippen LogP) is -1.13. The molecule has 134 valence electrons. The first-order valence-corrected chi connectivity index (χ1v) is 10.4. The zero-order chi connectivity index (χ0) is 18.2. The summed E-state index contributed by atoms with van der Waals surface area (Å²) in [7, 11) is -4.30. The minimum Gasteiger partial charge on any atom is -0.748 e. The largest absolute Gasteiger partial charge is 1.00 e. The molecule has 2 heterocycles. The third-order valence-corrected chi connectivity index (χ3v) is 5.95. The Labute approximate surface area is 204 Å². The van der Waals surface area contributed by atoms with E-state index in [4.69, 9.17) is 17.0 Å². The quantitative estimate of drug-likeness (QED) is 0.247. The first kappa shape index (κ1) is 22.3. The van der Waals surface area contributed by atoms with Crippen molar-refractivity contribution < 1.29 is 73.9 Å². The minimum absolute atomic E-state index is 0. The van der Waals surface area contributed by atoms with Gasteiger partial charge in [0.15, 0.2) is 5.75 Å². The molecule has 0 aliphatic carbocycles. The fourth-order valence-electron chi connectivity index (χ4n) is 2.62. The summed E-state index contributed by atoms with van der Waals surface area (Å²) in [6.07, 6.45) is 0.126. The molecule has 0 atom stereocenters. The van der Waals surface area contributed by atoms with Crippen molar-refractivity contribution in [3.63, 3.8) is 0 Å². The number of rotatable bonds is 5. The molecule has 26 heavy (non-hydrogen) atoms. The fraction of sp³-hybridized carbons (Fsp3) is 0.333. The number of ether oxygens (including phenoxy) is 1. The number of fused-ring (bicyclic) bond motifs is 1. The van der Waals surface area contributed by atoms with Crippen LogP contribution in [-0.4, -0.2) is 46.9 Å². The number of likely N-dealkylation sites (N-methyl/N-ethyl adjacent to an activating group) is 1. The van der Waals surface area contributed by atoms with Gasteiger partial charge in [-0.2, -0.15) is 0 Å². The third kappa shape index (κ3) is 4.70. The van der Waals surface area contributed by atoms with Gasteiger partial charge in [0, 0.05) is 18.8 Å². The number of hydrogen-bond acceptors (Lipinski definition) is 8. The van der Waals surface area contributed by atoms with Crippen LogP contribution in [0.4, 0.5) is 5.69 Å². The monoisotopic (exact) mass is 438 g/mol. The van der Waals surface area contributed by atoms with Crippen LogP contribution >= 0.6 is 24.0 Å². The molecule has 1 fully saturated rings. The summed E-state index contributed by atoms with van der Waals surface area (Å²) in [5, 5.41) is 0. The maximum absolute atomic E-state index is 12.6. The van der Waals surface area contributed by atoms with Crippen molar-refractivity contribution in [2.24, 2.45) is 0 Å². The van der Waals surface area contributed by atoms with E-state index < -0.39 is 15.9 Å². The number of benzene rings is 1. The summed E-state index contributed by atoms with van der Waals surface area (Å²) in [6, 6.07) is 7.20. The van der Waals surface area contributed by atoms with Crippen molar-refractivity contribution in [1.82, 2.24) is 4.90 Å². The Morgan fingerprint density at radius 2 is 1.96 bits per heavy atom. The van der Waals surface area contributed by atoms with Crippen LogP contribution in [0.1, 0.15) is 13.3 Å². The number of amides is 1. The van der Waals surface area contributed by atoms with E-state index in [1.807, 2.05) is 19.1 Å². The number of para-hydroxylation sites is 2. The standard InChI is InChI=1S/C15H16N2O5S3.K/c1-2-16-13(18)12(24-15(16)23)14-17(8-5-9-25(19,20)21)10-6-3-4-7-11(10)22-14;/h3-4,6-7H,2,5,8-9H2,1H3,(H,19,20,21);/q;+1/p-1. The Balaban J connectivity index is 0.00000243. The van der Waals surface area contributed by atoms with Gasteiger partial charge in [-0.3, -0.25) is 9.69 Å². The van der Waals surface area contributed by atoms with E-state index in [2.05, 4.69) is 0 Å². The van der Waals surface area contributed by atoms with Crippen molar-refractivity contribution >= 4 is 50.0 Å². The van der Waals surface area contributed by atoms with Gasteiger partial charge in [0.05, 0.1) is 15.8 Å². The molecule has 11 heteroatoms. The van der Waals surface area contributed by atoms with Gasteiger partial charge in [0.1, 0.15) is 9.23 Å². The number of carbonyl (C=O) groups excluding carboxylic acids is 1. The normalized spacial score (nSPS) is 19.5. The van der Waals surface area contributed by atoms with Gasteiger partial charge in [-0.05, 0) is 37.2 Å². The van der Waals surface area contributed by atoms with Gasteiger partial charge < -0.3 is 14.2 Å². The van der Waals surface area contributed by atoms with Gasteiger partial charge >= 0.3 is 51.4 Å². The van der Waals surface area contributed by atoms with E-state index in [0.717, 1.165) is 17.4 Å². The smallest absolute Gasteiger partial charge is 0.748 e. The molecule has 0 unspecified atom stereocenters. The summed E-state index contributed by atoms with van der Waals surface area (Å²) in [6.45, 7) is 2.53. The maximum atomic E-state index is 12.6. The predicted molar refractivity (Wildman–Crippen MR) is 98.2 cm³/mol. The van der Waals surface area contributed by atoms with Crippen LogP contribution in [-0.2, 0) is 14.9 Å². The van der Waals surface area contributed by atoms with Crippen molar-refractivity contribution in [1.29, 1.82) is 0 Å². The van der Waals surface area contributed by atoms with Crippen LogP contribution in [0, 0.1) is 0 Å². The number of carbonyl (C=O) groups is 1. The zero-order valence-electron chi connectivity index (χ0n) is 14.3. The van der Waals surface area contributed by atoms with Gasteiger partial charge in [-0.15, -0.1) is 0 Å². The topological polar surface area (TPSA) is 90.0 Å². The van der Waals surface area contributed by atoms with E-state index in [1.165, 1.54) is 4.90 Å². The average Bonchev–Trinajstić information content (AvgIpc) is 3.04. The number of anilines is 1. The molecule has 2 aliphatic heterocycles. The van der Waals surface area contributed by atoms with Crippen LogP contribution < -0.4 is 61.0 Å². The Kier molecular flexibility index (Phi) is 7.73. The third-order valence-electron chi connectivity index (χ3n) is 3.74. The van der Waals surface area contributed by atoms with Crippen LogP contribution in [0.25, 0.3) is 0 Å². The second kappa shape index (κ2) is 9.01. The summed E-state index contributed by atoms with van der Waals surface area (Å²) in [4.78, 5) is 16.1. The molecule has 7 nitrogen and oxygen atoms in total. The SMILES string of the molecule is CCN1C(=O)C(=C2Oc3ccccc3N2CCCS(=O)(=O)[O-])SC1=S.[K+]. The van der Waals surface area contributed by atoms with Crippen LogP contribution in [0.15, 0.2) is 35.1 Å². The number of hydrogen-bond donors (Lipinski definition) is 0. The van der Waals surface area contributed by atoms with Gasteiger partial charge in [0.25, 0.3) is 5.91 Å². The molecular weight excluding hydrogens is 423 g/mol. The molecule has 0 bridgehead atoms. The van der Waals surface area contributed by atoms with Gasteiger partial charge in [0.2, 0.25) is 5.88 Å². The van der Waals surface area contributed by atoms with Crippen LogP contribution in [0.2, 0.25) is 0 Å². The Morgan fingerprint density at radius 3 is 2.58 bits per heavy atom. The molecular formula is C15H15KN2O5S3. The average molecular weight is 439 g/mol. The van der Waals surface area contributed by atoms with Crippen LogP contribution in [0.3, 0.4) is 0 Å². The molecule has 1 aromatic carbocycles. The molecule has 3 rings (SSSR count). The summed E-state index contributed by atoms with van der Waals surface area (Å²) in [5.41, 5.74) is 0.725. The Morgan fingerprint density at radius 1 is 1.27 bits per heavy atom. The summed E-state index contributed by atoms with van der Waals surface area (Å²) >= 11 is 6.39. The molecule has 1 aromatic rings. The number of thioether (sulfide) groups is 1. The van der Waals surface area contributed by atoms with Crippen molar-refractivity contribution in [2.75, 3.05) is 23.7 Å². The molecule has 0 N–H and O–H groups in total. The molecule has 0 spiro atoms. The van der Waals surface area contributed by atoms with E-state index in [9.17, 15) is 17.8 Å². The molecule has 0 aromatic heterocycles. The molecule has 1 saturated heterocycles. The molecule has 2 aliphatic rings. The van der Waals surface area contributed by atoms with E-state index in [-0.39, 0.29) is 70.3 Å². The number of nitrogens with zero attached hydrogens (tertiary/aromatic N) is 2. The first-order valence-electron chi connectivity index (χ1n) is 7.57. The summed E-state index contributed by atoms with van der Waals surface area (Å²) in [5.74, 6) is 0.193. The van der Waals surface area contributed by atoms with Gasteiger partial charge in [-0.1, -0.05) is 24.4 Å². The van der Waals surface area contributed by atoms with E-state index >= 15 is 0 Å². The fourth-order valence-corrected chi connectivity index (χ4v) is 4.50. The minimum atomic E-state index is -4.30. The van der Waals surface area contributed by atoms with Crippen molar-refractivity contribution in [3.8, 4) is 5.75 Å². The summed E-state index contributed by atoms with van der Waals surface area (Å²) < 4.78 is 38.9. The zero-order valence-corrected chi connectivity index (χ0v) is 19.9. The second-order valence-electron chi connectivity index (χ2n) is 5.39. The molecule has 0 radical (unpaired) electrons. The Bertz CT molecular complexity index is 872. The maximum Gasteiger partial charge on any atom is 1.00 e. The van der Waals surface area contributed by atoms with Crippen molar-refractivity contribution in [3.05, 3.63) is 35.1 Å². The number of thiocarbonyl (C=S) groups is 1. The first-order chi connectivity index (χ1) is 11.8. The van der Waals surface area contributed by atoms with E-state index in [0.29, 0.717) is 27.4 Å². The molecule has 1 amide bonds. The molecule has 0 saturated carbocycles. The van der Waals surface area contributed by atoms with Gasteiger partial charge in [-0.25, -0.2) is 8.42 Å². The van der Waals surface area contributed by atoms with Crippen molar-refractivity contribution in [2.45, 2.75) is 13.3 Å². The van der Waals surface area contributed by atoms with E-state index in [1.54, 1.807) is 17.0 Å². The van der Waals surface area contributed by atoms with Crippen LogP contribution in [0.5, 0.6) is 5.75 Å². The second-order valence-corrected chi connectivity index (χ2v) is 8.56.